The molecule has 0 saturated heterocycles. The lowest BCUT2D eigenvalue weighted by Crippen LogP contribution is -2.27. The Hall–Kier alpha value is -3.26. The SMILES string of the molecule is COc1ccc(-c2nnc(SCC(=O)NCCc3c[nH]c4ccccc34)o2)cc1. The van der Waals surface area contributed by atoms with Crippen LogP contribution in [0, 0.1) is 0 Å². The summed E-state index contributed by atoms with van der Waals surface area (Å²) >= 11 is 1.22. The van der Waals surface area contributed by atoms with Crippen LogP contribution in [-0.2, 0) is 11.2 Å². The predicted molar refractivity (Wildman–Crippen MR) is 112 cm³/mol. The van der Waals surface area contributed by atoms with E-state index >= 15 is 0 Å². The Balaban J connectivity index is 1.25. The van der Waals surface area contributed by atoms with Gasteiger partial charge in [0.25, 0.3) is 5.22 Å². The Morgan fingerprint density at radius 3 is 2.83 bits per heavy atom. The van der Waals surface area contributed by atoms with Crippen LogP contribution in [0.25, 0.3) is 22.4 Å². The number of benzene rings is 2. The van der Waals surface area contributed by atoms with Gasteiger partial charge in [-0.3, -0.25) is 4.79 Å². The van der Waals surface area contributed by atoms with Gasteiger partial charge in [0.1, 0.15) is 5.75 Å². The van der Waals surface area contributed by atoms with E-state index in [2.05, 4.69) is 26.6 Å². The molecular weight excluding hydrogens is 388 g/mol. The molecule has 2 heterocycles. The number of ether oxygens (including phenoxy) is 1. The van der Waals surface area contributed by atoms with Crippen molar-refractivity contribution in [2.75, 3.05) is 19.4 Å². The molecule has 4 aromatic rings. The Labute approximate surface area is 171 Å². The van der Waals surface area contributed by atoms with Gasteiger partial charge in [-0.05, 0) is 42.3 Å². The highest BCUT2D eigenvalue weighted by Gasteiger charge is 2.11. The van der Waals surface area contributed by atoms with Crippen molar-refractivity contribution in [1.29, 1.82) is 0 Å². The van der Waals surface area contributed by atoms with E-state index in [0.717, 1.165) is 23.3 Å². The van der Waals surface area contributed by atoms with Crippen molar-refractivity contribution in [2.45, 2.75) is 11.6 Å². The molecule has 0 aliphatic rings. The maximum absolute atomic E-state index is 12.1. The highest BCUT2D eigenvalue weighted by atomic mass is 32.2. The van der Waals surface area contributed by atoms with Crippen LogP contribution < -0.4 is 10.1 Å². The summed E-state index contributed by atoms with van der Waals surface area (Å²) in [6, 6.07) is 15.5. The lowest BCUT2D eigenvalue weighted by Gasteiger charge is -2.03. The number of rotatable bonds is 8. The average molecular weight is 408 g/mol. The van der Waals surface area contributed by atoms with Crippen molar-refractivity contribution >= 4 is 28.6 Å². The number of carbonyl (C=O) groups excluding carboxylic acids is 1. The molecule has 2 aromatic heterocycles. The molecule has 0 aliphatic heterocycles. The number of thioether (sulfide) groups is 1. The van der Waals surface area contributed by atoms with Crippen molar-refractivity contribution in [3.05, 3.63) is 60.3 Å². The van der Waals surface area contributed by atoms with Gasteiger partial charge in [-0.15, -0.1) is 10.2 Å². The Morgan fingerprint density at radius 1 is 1.17 bits per heavy atom. The van der Waals surface area contributed by atoms with Gasteiger partial charge in [0.2, 0.25) is 11.8 Å². The predicted octanol–water partition coefficient (Wildman–Crippen LogP) is 3.68. The number of H-pyrrole nitrogens is 1. The number of aromatic nitrogens is 3. The summed E-state index contributed by atoms with van der Waals surface area (Å²) in [6.07, 6.45) is 2.76. The first-order chi connectivity index (χ1) is 14.2. The normalized spacial score (nSPS) is 10.9. The van der Waals surface area contributed by atoms with Crippen molar-refractivity contribution in [2.24, 2.45) is 0 Å². The fourth-order valence-electron chi connectivity index (χ4n) is 2.97. The number of para-hydroxylation sites is 1. The molecule has 0 bridgehead atoms. The van der Waals surface area contributed by atoms with Crippen molar-refractivity contribution in [3.8, 4) is 17.2 Å². The van der Waals surface area contributed by atoms with Gasteiger partial charge >= 0.3 is 0 Å². The fraction of sp³-hybridized carbons (Fsp3) is 0.190. The standard InChI is InChI=1S/C21H20N4O3S/c1-27-16-8-6-14(7-9-16)20-24-25-21(28-20)29-13-19(26)22-11-10-15-12-23-18-5-3-2-4-17(15)18/h2-9,12,23H,10-11,13H2,1H3,(H,22,26). The minimum Gasteiger partial charge on any atom is -0.497 e. The summed E-state index contributed by atoms with van der Waals surface area (Å²) in [5.41, 5.74) is 3.09. The van der Waals surface area contributed by atoms with E-state index in [4.69, 9.17) is 9.15 Å². The van der Waals surface area contributed by atoms with Crippen LogP contribution in [0.4, 0.5) is 0 Å². The van der Waals surface area contributed by atoms with Crippen LogP contribution in [0.3, 0.4) is 0 Å². The van der Waals surface area contributed by atoms with E-state index in [0.29, 0.717) is 17.7 Å². The largest absolute Gasteiger partial charge is 0.497 e. The third-order valence-electron chi connectivity index (χ3n) is 4.46. The number of hydrogen-bond donors (Lipinski definition) is 2. The molecule has 29 heavy (non-hydrogen) atoms. The molecule has 8 heteroatoms. The van der Waals surface area contributed by atoms with Gasteiger partial charge in [0.05, 0.1) is 12.9 Å². The van der Waals surface area contributed by atoms with E-state index in [1.165, 1.54) is 22.7 Å². The van der Waals surface area contributed by atoms with Crippen LogP contribution >= 0.6 is 11.8 Å². The number of nitrogens with zero attached hydrogens (tertiary/aromatic N) is 2. The number of methoxy groups -OCH3 is 1. The van der Waals surface area contributed by atoms with E-state index in [-0.39, 0.29) is 11.7 Å². The third-order valence-corrected chi connectivity index (χ3v) is 5.28. The van der Waals surface area contributed by atoms with Gasteiger partial charge in [-0.25, -0.2) is 0 Å². The van der Waals surface area contributed by atoms with Crippen molar-refractivity contribution in [1.82, 2.24) is 20.5 Å². The van der Waals surface area contributed by atoms with Gasteiger partial charge in [-0.2, -0.15) is 0 Å². The lowest BCUT2D eigenvalue weighted by molar-refractivity contribution is -0.118. The zero-order chi connectivity index (χ0) is 20.1. The second-order valence-corrected chi connectivity index (χ2v) is 7.28. The van der Waals surface area contributed by atoms with Crippen molar-refractivity contribution < 1.29 is 13.9 Å². The molecule has 1 amide bonds. The first-order valence-corrected chi connectivity index (χ1v) is 10.1. The summed E-state index contributed by atoms with van der Waals surface area (Å²) in [5, 5.41) is 12.5. The molecule has 0 fully saturated rings. The van der Waals surface area contributed by atoms with Crippen LogP contribution in [0.2, 0.25) is 0 Å². The van der Waals surface area contributed by atoms with Gasteiger partial charge in [-0.1, -0.05) is 30.0 Å². The maximum Gasteiger partial charge on any atom is 0.277 e. The molecule has 0 aliphatic carbocycles. The smallest absolute Gasteiger partial charge is 0.277 e. The van der Waals surface area contributed by atoms with E-state index in [1.807, 2.05) is 48.7 Å². The van der Waals surface area contributed by atoms with E-state index < -0.39 is 0 Å². The number of nitrogens with one attached hydrogen (secondary N) is 2. The number of aromatic amines is 1. The molecule has 7 nitrogen and oxygen atoms in total. The minimum absolute atomic E-state index is 0.0703. The van der Waals surface area contributed by atoms with Crippen LogP contribution in [-0.4, -0.2) is 40.5 Å². The highest BCUT2D eigenvalue weighted by molar-refractivity contribution is 7.99. The summed E-state index contributed by atoms with van der Waals surface area (Å²) in [7, 11) is 1.61. The van der Waals surface area contributed by atoms with Crippen molar-refractivity contribution in [3.63, 3.8) is 0 Å². The Bertz CT molecular complexity index is 1100. The highest BCUT2D eigenvalue weighted by Crippen LogP contribution is 2.24. The first-order valence-electron chi connectivity index (χ1n) is 9.15. The molecule has 148 valence electrons. The number of hydrogen-bond acceptors (Lipinski definition) is 6. The van der Waals surface area contributed by atoms with Gasteiger partial charge in [0, 0.05) is 29.2 Å². The molecule has 0 atom stereocenters. The van der Waals surface area contributed by atoms with E-state index in [1.54, 1.807) is 7.11 Å². The second kappa shape index (κ2) is 8.83. The number of amides is 1. The molecule has 2 N–H and O–H groups in total. The molecule has 0 saturated carbocycles. The second-order valence-electron chi connectivity index (χ2n) is 6.35. The van der Waals surface area contributed by atoms with Crippen LogP contribution in [0.5, 0.6) is 5.75 Å². The average Bonchev–Trinajstić information content (AvgIpc) is 3.40. The van der Waals surface area contributed by atoms with Gasteiger partial charge in [0.15, 0.2) is 0 Å². The van der Waals surface area contributed by atoms with Gasteiger partial charge < -0.3 is 19.5 Å². The Morgan fingerprint density at radius 2 is 2.00 bits per heavy atom. The number of fused-ring (bicyclic) bond motifs is 1. The summed E-state index contributed by atoms with van der Waals surface area (Å²) in [6.45, 7) is 0.572. The summed E-state index contributed by atoms with van der Waals surface area (Å²) < 4.78 is 10.8. The number of carbonyl (C=O) groups is 1. The Kier molecular flexibility index (Phi) is 5.81. The molecule has 0 spiro atoms. The topological polar surface area (TPSA) is 93.0 Å². The van der Waals surface area contributed by atoms with Crippen LogP contribution in [0.1, 0.15) is 5.56 Å². The molecule has 0 unspecified atom stereocenters. The maximum atomic E-state index is 12.1. The molecule has 2 aromatic carbocycles. The zero-order valence-electron chi connectivity index (χ0n) is 15.8. The summed E-state index contributed by atoms with van der Waals surface area (Å²) in [4.78, 5) is 15.4. The van der Waals surface area contributed by atoms with Crippen LogP contribution in [0.15, 0.2) is 64.4 Å². The third kappa shape index (κ3) is 4.60. The summed E-state index contributed by atoms with van der Waals surface area (Å²) in [5.74, 6) is 1.32. The quantitative estimate of drug-likeness (QED) is 0.432. The molecular formula is C21H20N4O3S. The van der Waals surface area contributed by atoms with E-state index in [9.17, 15) is 4.79 Å². The molecule has 0 radical (unpaired) electrons. The zero-order valence-corrected chi connectivity index (χ0v) is 16.7. The first kappa shape index (κ1) is 19.1. The minimum atomic E-state index is -0.0703. The monoisotopic (exact) mass is 408 g/mol. The molecule has 4 rings (SSSR count). The lowest BCUT2D eigenvalue weighted by atomic mass is 10.1. The fourth-order valence-corrected chi connectivity index (χ4v) is 3.56.